The van der Waals surface area contributed by atoms with Crippen LogP contribution >= 0.6 is 23.2 Å². The van der Waals surface area contributed by atoms with Crippen molar-refractivity contribution in [2.24, 2.45) is 11.3 Å². The van der Waals surface area contributed by atoms with Crippen molar-refractivity contribution in [3.63, 3.8) is 0 Å². The Morgan fingerprint density at radius 2 is 1.85 bits per heavy atom. The molecule has 1 saturated carbocycles. The van der Waals surface area contributed by atoms with Gasteiger partial charge in [-0.25, -0.2) is 0 Å². The third-order valence-electron chi connectivity index (χ3n) is 6.13. The van der Waals surface area contributed by atoms with Crippen molar-refractivity contribution in [3.8, 4) is 5.75 Å². The molecule has 0 aromatic heterocycles. The van der Waals surface area contributed by atoms with Gasteiger partial charge >= 0.3 is 0 Å². The number of fused-ring (bicyclic) bond motifs is 1. The van der Waals surface area contributed by atoms with Crippen molar-refractivity contribution in [2.75, 3.05) is 0 Å². The number of carbonyl (C=O) groups excluding carboxylic acids is 2. The fourth-order valence-corrected chi connectivity index (χ4v) is 5.12. The average molecular weight is 412 g/mol. The predicted molar refractivity (Wildman–Crippen MR) is 98.6 cm³/mol. The predicted octanol–water partition coefficient (Wildman–Crippen LogP) is 3.58. The molecular formula is C19H19Cl2NO5. The number of hydrogen-bond acceptors (Lipinski definition) is 5. The summed E-state index contributed by atoms with van der Waals surface area (Å²) in [5.74, 6) is -2.64. The lowest BCUT2D eigenvalue weighted by molar-refractivity contribution is -0.125. The van der Waals surface area contributed by atoms with Crippen LogP contribution in [-0.4, -0.2) is 22.0 Å². The van der Waals surface area contributed by atoms with E-state index in [4.69, 9.17) is 27.9 Å². The summed E-state index contributed by atoms with van der Waals surface area (Å²) < 4.78 is 5.43. The molecule has 2 amide bonds. The fourth-order valence-electron chi connectivity index (χ4n) is 4.61. The first-order valence-electron chi connectivity index (χ1n) is 8.89. The van der Waals surface area contributed by atoms with Gasteiger partial charge in [0.15, 0.2) is 0 Å². The van der Waals surface area contributed by atoms with Gasteiger partial charge in [0.25, 0.3) is 11.8 Å². The lowest BCUT2D eigenvalue weighted by Crippen LogP contribution is -2.30. The molecule has 4 rings (SSSR count). The van der Waals surface area contributed by atoms with Crippen molar-refractivity contribution in [1.82, 2.24) is 5.32 Å². The smallest absolute Gasteiger partial charge is 0.298 e. The van der Waals surface area contributed by atoms with E-state index in [0.29, 0.717) is 17.9 Å². The maximum Gasteiger partial charge on any atom is 0.298 e. The van der Waals surface area contributed by atoms with Crippen LogP contribution in [0.2, 0.25) is 10.0 Å². The number of halogens is 2. The third kappa shape index (κ3) is 2.73. The molecule has 2 aliphatic carbocycles. The van der Waals surface area contributed by atoms with E-state index in [1.54, 1.807) is 6.07 Å². The van der Waals surface area contributed by atoms with Crippen molar-refractivity contribution in [2.45, 2.75) is 45.1 Å². The van der Waals surface area contributed by atoms with E-state index in [9.17, 15) is 19.8 Å². The minimum atomic E-state index is -0.928. The largest absolute Gasteiger partial charge is 0.500 e. The molecule has 1 fully saturated rings. The van der Waals surface area contributed by atoms with Gasteiger partial charge in [0.05, 0.1) is 11.1 Å². The van der Waals surface area contributed by atoms with Crippen LogP contribution in [0.5, 0.6) is 5.75 Å². The number of amides is 2. The number of imide groups is 1. The highest BCUT2D eigenvalue weighted by Crippen LogP contribution is 2.58. The topological polar surface area (TPSA) is 95.9 Å². The third-order valence-corrected chi connectivity index (χ3v) is 6.99. The Kier molecular flexibility index (Phi) is 4.41. The summed E-state index contributed by atoms with van der Waals surface area (Å²) in [6.07, 6.45) is 4.32. The lowest BCUT2D eigenvalue weighted by atomic mass is 9.72. The molecule has 6 nitrogen and oxygen atoms in total. The van der Waals surface area contributed by atoms with Crippen molar-refractivity contribution in [1.29, 1.82) is 0 Å². The van der Waals surface area contributed by atoms with Gasteiger partial charge < -0.3 is 14.9 Å². The standard InChI is InChI=1S/C19H19Cl2NO5/c1-19(9-4-2-3-5-9)7-8-6-10(12(20)13(21)11(8)16(19)24)27-15-14(23)17(25)22-18(15)26/h6,9,16,24H,2-5,7H2,1H3,(H2,22,23,25,26). The zero-order chi connectivity index (χ0) is 19.5. The van der Waals surface area contributed by atoms with Gasteiger partial charge in [-0.1, -0.05) is 43.0 Å². The summed E-state index contributed by atoms with van der Waals surface area (Å²) in [6, 6.07) is 1.63. The van der Waals surface area contributed by atoms with Gasteiger partial charge in [-0.15, -0.1) is 0 Å². The van der Waals surface area contributed by atoms with Crippen LogP contribution < -0.4 is 10.1 Å². The Balaban J connectivity index is 1.72. The van der Waals surface area contributed by atoms with Crippen LogP contribution in [0, 0.1) is 11.3 Å². The molecule has 0 saturated heterocycles. The van der Waals surface area contributed by atoms with Gasteiger partial charge in [-0.05, 0) is 36.8 Å². The highest BCUT2D eigenvalue weighted by Gasteiger charge is 2.49. The number of rotatable bonds is 3. The van der Waals surface area contributed by atoms with Crippen LogP contribution in [0.1, 0.15) is 49.8 Å². The second-order valence-corrected chi connectivity index (χ2v) is 8.46. The molecule has 0 spiro atoms. The SMILES string of the molecule is CC1(C2CCCC2)Cc2cc(OC3=C(O)C(=O)NC3=O)c(Cl)c(Cl)c2C1O. The van der Waals surface area contributed by atoms with E-state index in [-0.39, 0.29) is 21.2 Å². The summed E-state index contributed by atoms with van der Waals surface area (Å²) in [4.78, 5) is 23.2. The van der Waals surface area contributed by atoms with Crippen LogP contribution in [0.4, 0.5) is 0 Å². The normalized spacial score (nSPS) is 28.1. The summed E-state index contributed by atoms with van der Waals surface area (Å²) in [5.41, 5.74) is 1.05. The molecule has 1 aromatic rings. The van der Waals surface area contributed by atoms with Crippen LogP contribution in [0.25, 0.3) is 0 Å². The van der Waals surface area contributed by atoms with Crippen molar-refractivity contribution in [3.05, 3.63) is 38.8 Å². The van der Waals surface area contributed by atoms with E-state index in [1.807, 2.05) is 5.32 Å². The summed E-state index contributed by atoms with van der Waals surface area (Å²) in [6.45, 7) is 2.07. The number of aliphatic hydroxyl groups excluding tert-OH is 2. The molecule has 3 N–H and O–H groups in total. The first-order chi connectivity index (χ1) is 12.7. The zero-order valence-corrected chi connectivity index (χ0v) is 16.2. The summed E-state index contributed by atoms with van der Waals surface area (Å²) >= 11 is 12.8. The average Bonchev–Trinajstić information content (AvgIpc) is 3.29. The number of benzene rings is 1. The summed E-state index contributed by atoms with van der Waals surface area (Å²) in [5, 5.41) is 22.9. The fraction of sp³-hybridized carbons (Fsp3) is 0.474. The quantitative estimate of drug-likeness (QED) is 0.660. The van der Waals surface area contributed by atoms with E-state index in [1.165, 1.54) is 0 Å². The molecule has 0 bridgehead atoms. The van der Waals surface area contributed by atoms with Gasteiger partial charge in [-0.2, -0.15) is 0 Å². The van der Waals surface area contributed by atoms with E-state index < -0.39 is 29.4 Å². The number of hydrogen-bond donors (Lipinski definition) is 3. The second kappa shape index (κ2) is 6.40. The lowest BCUT2D eigenvalue weighted by Gasteiger charge is -2.35. The number of carbonyl (C=O) groups is 2. The molecule has 1 aliphatic heterocycles. The molecule has 144 valence electrons. The van der Waals surface area contributed by atoms with Gasteiger partial charge in [-0.3, -0.25) is 14.9 Å². The van der Waals surface area contributed by atoms with Gasteiger partial charge in [0.2, 0.25) is 11.5 Å². The first kappa shape index (κ1) is 18.6. The van der Waals surface area contributed by atoms with Gasteiger partial charge in [0.1, 0.15) is 10.8 Å². The maximum atomic E-state index is 11.8. The van der Waals surface area contributed by atoms with E-state index in [2.05, 4.69) is 6.92 Å². The van der Waals surface area contributed by atoms with E-state index >= 15 is 0 Å². The maximum absolute atomic E-state index is 11.8. The van der Waals surface area contributed by atoms with Crippen molar-refractivity contribution >= 4 is 35.0 Å². The van der Waals surface area contributed by atoms with E-state index in [0.717, 1.165) is 31.2 Å². The van der Waals surface area contributed by atoms with Crippen LogP contribution in [0.3, 0.4) is 0 Å². The molecule has 27 heavy (non-hydrogen) atoms. The highest BCUT2D eigenvalue weighted by molar-refractivity contribution is 6.43. The molecule has 1 heterocycles. The molecule has 2 atom stereocenters. The minimum Gasteiger partial charge on any atom is -0.500 e. The molecule has 8 heteroatoms. The highest BCUT2D eigenvalue weighted by atomic mass is 35.5. The Morgan fingerprint density at radius 1 is 1.19 bits per heavy atom. The number of ether oxygens (including phenoxy) is 1. The minimum absolute atomic E-state index is 0.0255. The zero-order valence-electron chi connectivity index (χ0n) is 14.6. The number of aliphatic hydroxyl groups is 2. The second-order valence-electron chi connectivity index (χ2n) is 7.71. The number of nitrogens with one attached hydrogen (secondary N) is 1. The molecule has 2 unspecified atom stereocenters. The summed E-state index contributed by atoms with van der Waals surface area (Å²) in [7, 11) is 0. The molecule has 1 aromatic carbocycles. The van der Waals surface area contributed by atoms with Crippen molar-refractivity contribution < 1.29 is 24.5 Å². The Hall–Kier alpha value is -1.76. The van der Waals surface area contributed by atoms with Crippen LogP contribution in [0.15, 0.2) is 17.6 Å². The van der Waals surface area contributed by atoms with Crippen LogP contribution in [-0.2, 0) is 16.0 Å². The molecule has 0 radical (unpaired) electrons. The Morgan fingerprint density at radius 3 is 2.44 bits per heavy atom. The Labute approximate surface area is 166 Å². The van der Waals surface area contributed by atoms with Gasteiger partial charge in [0, 0.05) is 11.0 Å². The molecule has 3 aliphatic rings. The monoisotopic (exact) mass is 411 g/mol. The first-order valence-corrected chi connectivity index (χ1v) is 9.65. The molecular weight excluding hydrogens is 393 g/mol. The Bertz CT molecular complexity index is 891.